The minimum Gasteiger partial charge on any atom is -0.286 e. The van der Waals surface area contributed by atoms with Crippen molar-refractivity contribution in [3.05, 3.63) is 12.2 Å². The van der Waals surface area contributed by atoms with E-state index in [2.05, 4.69) is 19.1 Å². The molecule has 4 heteroatoms. The quantitative estimate of drug-likeness (QED) is 0.156. The Morgan fingerprint density at radius 1 is 0.778 bits per heavy atom. The van der Waals surface area contributed by atoms with Crippen LogP contribution in [0.3, 0.4) is 0 Å². The normalized spacial score (nSPS) is 20.2. The Morgan fingerprint density at radius 2 is 1.30 bits per heavy atom. The number of hydrogen-bond acceptors (Lipinski definition) is 2. The molecule has 1 aliphatic rings. The summed E-state index contributed by atoms with van der Waals surface area (Å²) in [5.41, 5.74) is 0.276. The van der Waals surface area contributed by atoms with Gasteiger partial charge in [-0.1, -0.05) is 96.1 Å². The Kier molecular flexibility index (Phi) is 13.4. The van der Waals surface area contributed by atoms with Gasteiger partial charge in [-0.05, 0) is 43.9 Å². The highest BCUT2D eigenvalue weighted by molar-refractivity contribution is 7.85. The summed E-state index contributed by atoms with van der Waals surface area (Å²) >= 11 is 0. The highest BCUT2D eigenvalue weighted by atomic mass is 32.2. The first-order valence-corrected chi connectivity index (χ1v) is 13.2. The fourth-order valence-electron chi connectivity index (χ4n) is 4.49. The third kappa shape index (κ3) is 13.5. The molecular formula is C23H44O3S. The highest BCUT2D eigenvalue weighted by Gasteiger charge is 2.29. The van der Waals surface area contributed by atoms with Crippen LogP contribution in [0.15, 0.2) is 12.2 Å². The Labute approximate surface area is 169 Å². The van der Waals surface area contributed by atoms with E-state index in [9.17, 15) is 8.42 Å². The average Bonchev–Trinajstić information content (AvgIpc) is 2.62. The molecule has 0 aromatic carbocycles. The molecule has 0 radical (unpaired) electrons. The van der Waals surface area contributed by atoms with Gasteiger partial charge < -0.3 is 0 Å². The molecule has 0 spiro atoms. The second-order valence-corrected chi connectivity index (χ2v) is 10.3. The standard InChI is InChI=1S/C23H44O3S/c1-2-3-4-5-6-7-8-9-10-11-12-14-18-23(19-15-13-16-20-23)21-17-22-27(24,25)26/h13,15H,2-12,14,16-22H2,1H3,(H,24,25,26). The first kappa shape index (κ1) is 24.7. The molecule has 0 amide bonds. The molecular weight excluding hydrogens is 356 g/mol. The van der Waals surface area contributed by atoms with E-state index < -0.39 is 10.1 Å². The molecule has 0 aromatic heterocycles. The summed E-state index contributed by atoms with van der Waals surface area (Å²) in [6.07, 6.45) is 27.1. The lowest BCUT2D eigenvalue weighted by molar-refractivity contribution is 0.204. The molecule has 27 heavy (non-hydrogen) atoms. The summed E-state index contributed by atoms with van der Waals surface area (Å²) in [6, 6.07) is 0. The molecule has 0 saturated carbocycles. The summed E-state index contributed by atoms with van der Waals surface area (Å²) in [4.78, 5) is 0. The highest BCUT2D eigenvalue weighted by Crippen LogP contribution is 2.42. The summed E-state index contributed by atoms with van der Waals surface area (Å²) in [5, 5.41) is 0. The van der Waals surface area contributed by atoms with Crippen molar-refractivity contribution in [1.29, 1.82) is 0 Å². The summed E-state index contributed by atoms with van der Waals surface area (Å²) in [5.74, 6) is -0.0864. The van der Waals surface area contributed by atoms with E-state index in [1.165, 1.54) is 89.9 Å². The zero-order valence-corrected chi connectivity index (χ0v) is 18.6. The molecule has 0 saturated heterocycles. The van der Waals surface area contributed by atoms with Gasteiger partial charge in [-0.3, -0.25) is 4.55 Å². The molecule has 0 fully saturated rings. The molecule has 0 aliphatic heterocycles. The molecule has 1 unspecified atom stereocenters. The second kappa shape index (κ2) is 14.6. The first-order chi connectivity index (χ1) is 13.0. The first-order valence-electron chi connectivity index (χ1n) is 11.6. The second-order valence-electron chi connectivity index (χ2n) is 8.74. The molecule has 0 bridgehead atoms. The predicted octanol–water partition coefficient (Wildman–Crippen LogP) is 7.47. The van der Waals surface area contributed by atoms with Gasteiger partial charge in [-0.25, -0.2) is 0 Å². The fourth-order valence-corrected chi connectivity index (χ4v) is 5.00. The Bertz CT molecular complexity index is 484. The Balaban J connectivity index is 2.08. The van der Waals surface area contributed by atoms with Gasteiger partial charge in [0.15, 0.2) is 0 Å². The molecule has 1 aliphatic carbocycles. The summed E-state index contributed by atoms with van der Waals surface area (Å²) in [6.45, 7) is 2.27. The van der Waals surface area contributed by atoms with Crippen molar-refractivity contribution in [3.63, 3.8) is 0 Å². The number of unbranched alkanes of at least 4 members (excludes halogenated alkanes) is 11. The molecule has 0 aromatic rings. The lowest BCUT2D eigenvalue weighted by Crippen LogP contribution is -2.23. The fraction of sp³-hybridized carbons (Fsp3) is 0.913. The predicted molar refractivity (Wildman–Crippen MR) is 117 cm³/mol. The SMILES string of the molecule is CCCCCCCCCCCCCCC1(CCCS(=O)(=O)O)CC=CCC1. The lowest BCUT2D eigenvalue weighted by Gasteiger charge is -2.35. The summed E-state index contributed by atoms with van der Waals surface area (Å²) < 4.78 is 31.0. The van der Waals surface area contributed by atoms with Crippen molar-refractivity contribution < 1.29 is 13.0 Å². The van der Waals surface area contributed by atoms with E-state index in [0.29, 0.717) is 6.42 Å². The van der Waals surface area contributed by atoms with E-state index in [4.69, 9.17) is 4.55 Å². The third-order valence-corrected chi connectivity index (χ3v) is 7.03. The summed E-state index contributed by atoms with van der Waals surface area (Å²) in [7, 11) is -3.82. The van der Waals surface area contributed by atoms with Crippen LogP contribution < -0.4 is 0 Å². The van der Waals surface area contributed by atoms with Crippen LogP contribution in [0.1, 0.15) is 122 Å². The van der Waals surface area contributed by atoms with Crippen LogP contribution in [0.25, 0.3) is 0 Å². The van der Waals surface area contributed by atoms with Crippen molar-refractivity contribution >= 4 is 10.1 Å². The number of allylic oxidation sites excluding steroid dienone is 2. The van der Waals surface area contributed by atoms with Gasteiger partial charge in [0.2, 0.25) is 0 Å². The van der Waals surface area contributed by atoms with E-state index in [1.54, 1.807) is 0 Å². The van der Waals surface area contributed by atoms with E-state index in [1.807, 2.05) is 0 Å². The van der Waals surface area contributed by atoms with E-state index >= 15 is 0 Å². The van der Waals surface area contributed by atoms with Gasteiger partial charge in [-0.15, -0.1) is 0 Å². The van der Waals surface area contributed by atoms with Crippen LogP contribution in [0, 0.1) is 5.41 Å². The van der Waals surface area contributed by atoms with Gasteiger partial charge in [0.25, 0.3) is 10.1 Å². The van der Waals surface area contributed by atoms with Crippen LogP contribution >= 0.6 is 0 Å². The van der Waals surface area contributed by atoms with E-state index in [0.717, 1.165) is 19.3 Å². The van der Waals surface area contributed by atoms with Gasteiger partial charge in [0.1, 0.15) is 0 Å². The van der Waals surface area contributed by atoms with Gasteiger partial charge >= 0.3 is 0 Å². The molecule has 160 valence electrons. The minimum atomic E-state index is -3.82. The van der Waals surface area contributed by atoms with Crippen LogP contribution in [0.4, 0.5) is 0 Å². The van der Waals surface area contributed by atoms with Crippen LogP contribution in [0.5, 0.6) is 0 Å². The van der Waals surface area contributed by atoms with E-state index in [-0.39, 0.29) is 11.2 Å². The zero-order valence-electron chi connectivity index (χ0n) is 17.8. The van der Waals surface area contributed by atoms with Crippen molar-refractivity contribution in [2.24, 2.45) is 5.41 Å². The monoisotopic (exact) mass is 400 g/mol. The number of rotatable bonds is 17. The van der Waals surface area contributed by atoms with Crippen molar-refractivity contribution in [2.45, 2.75) is 122 Å². The van der Waals surface area contributed by atoms with Crippen LogP contribution in [0.2, 0.25) is 0 Å². The van der Waals surface area contributed by atoms with Crippen LogP contribution in [-0.4, -0.2) is 18.7 Å². The van der Waals surface area contributed by atoms with Crippen molar-refractivity contribution in [2.75, 3.05) is 5.75 Å². The molecule has 3 nitrogen and oxygen atoms in total. The maximum absolute atomic E-state index is 11.0. The molecule has 1 rings (SSSR count). The maximum Gasteiger partial charge on any atom is 0.264 e. The average molecular weight is 401 g/mol. The molecule has 1 atom stereocenters. The molecule has 1 N–H and O–H groups in total. The smallest absolute Gasteiger partial charge is 0.264 e. The van der Waals surface area contributed by atoms with Crippen molar-refractivity contribution in [1.82, 2.24) is 0 Å². The minimum absolute atomic E-state index is 0.0864. The van der Waals surface area contributed by atoms with Crippen LogP contribution in [-0.2, 0) is 10.1 Å². The largest absolute Gasteiger partial charge is 0.286 e. The van der Waals surface area contributed by atoms with Gasteiger partial charge in [0.05, 0.1) is 5.75 Å². The van der Waals surface area contributed by atoms with Crippen molar-refractivity contribution in [3.8, 4) is 0 Å². The maximum atomic E-state index is 11.0. The van der Waals surface area contributed by atoms with Gasteiger partial charge in [0, 0.05) is 0 Å². The Hall–Kier alpha value is -0.350. The third-order valence-electron chi connectivity index (χ3n) is 6.23. The Morgan fingerprint density at radius 3 is 1.78 bits per heavy atom. The zero-order chi connectivity index (χ0) is 19.8. The lowest BCUT2D eigenvalue weighted by atomic mass is 9.70. The topological polar surface area (TPSA) is 54.4 Å². The molecule has 0 heterocycles. The van der Waals surface area contributed by atoms with Gasteiger partial charge in [-0.2, -0.15) is 8.42 Å². The number of hydrogen-bond donors (Lipinski definition) is 1.